The summed E-state index contributed by atoms with van der Waals surface area (Å²) in [5.41, 5.74) is -1.31. The maximum atomic E-state index is 13.5. The first kappa shape index (κ1) is 19.0. The number of alkyl halides is 2. The van der Waals surface area contributed by atoms with E-state index in [0.29, 0.717) is 6.07 Å². The molecule has 0 atom stereocenters. The van der Waals surface area contributed by atoms with Crippen molar-refractivity contribution >= 4 is 11.7 Å². The molecule has 0 aliphatic rings. The second-order valence-electron chi connectivity index (χ2n) is 4.82. The number of benzene rings is 2. The summed E-state index contributed by atoms with van der Waals surface area (Å²) in [6, 6.07) is 6.97. The van der Waals surface area contributed by atoms with Crippen LogP contribution in [0.2, 0.25) is 0 Å². The maximum Gasteiger partial charge on any atom is 0.387 e. The van der Waals surface area contributed by atoms with Crippen LogP contribution in [0.4, 0.5) is 18.9 Å². The molecule has 0 radical (unpaired) electrons. The first-order valence-corrected chi connectivity index (χ1v) is 7.05. The van der Waals surface area contributed by atoms with E-state index >= 15 is 0 Å². The Kier molecular flexibility index (Phi) is 5.99. The van der Waals surface area contributed by atoms with Crippen LogP contribution in [-0.4, -0.2) is 24.6 Å². The third-order valence-electron chi connectivity index (χ3n) is 3.23. The molecule has 2 aromatic rings. The third kappa shape index (κ3) is 4.41. The molecular formula is C16H12F3NO6. The Labute approximate surface area is 145 Å². The van der Waals surface area contributed by atoms with E-state index in [1.165, 1.54) is 18.2 Å². The normalized spacial score (nSPS) is 10.5. The van der Waals surface area contributed by atoms with Crippen molar-refractivity contribution in [1.29, 1.82) is 0 Å². The van der Waals surface area contributed by atoms with Gasteiger partial charge in [-0.15, -0.1) is 0 Å². The van der Waals surface area contributed by atoms with Gasteiger partial charge in [0.25, 0.3) is 5.69 Å². The monoisotopic (exact) mass is 371 g/mol. The van der Waals surface area contributed by atoms with Gasteiger partial charge in [0.05, 0.1) is 18.1 Å². The molecule has 7 nitrogen and oxygen atoms in total. The van der Waals surface area contributed by atoms with Crippen LogP contribution < -0.4 is 9.47 Å². The highest BCUT2D eigenvalue weighted by Crippen LogP contribution is 2.36. The van der Waals surface area contributed by atoms with Gasteiger partial charge in [0, 0.05) is 11.6 Å². The van der Waals surface area contributed by atoms with Crippen molar-refractivity contribution < 1.29 is 37.1 Å². The lowest BCUT2D eigenvalue weighted by molar-refractivity contribution is -0.385. The largest absolute Gasteiger partial charge is 0.493 e. The first-order valence-electron chi connectivity index (χ1n) is 7.05. The third-order valence-corrected chi connectivity index (χ3v) is 3.23. The average molecular weight is 371 g/mol. The van der Waals surface area contributed by atoms with Gasteiger partial charge in [-0.1, -0.05) is 18.2 Å². The Morgan fingerprint density at radius 2 is 1.92 bits per heavy atom. The zero-order valence-corrected chi connectivity index (χ0v) is 13.3. The fourth-order valence-corrected chi connectivity index (χ4v) is 2.05. The average Bonchev–Trinajstić information content (AvgIpc) is 2.59. The Balaban J connectivity index is 2.32. The van der Waals surface area contributed by atoms with Crippen molar-refractivity contribution in [3.8, 4) is 11.5 Å². The molecule has 0 saturated carbocycles. The van der Waals surface area contributed by atoms with Gasteiger partial charge in [-0.25, -0.2) is 9.18 Å². The number of halogens is 3. The van der Waals surface area contributed by atoms with Crippen LogP contribution in [-0.2, 0) is 11.3 Å². The number of rotatable bonds is 7. The van der Waals surface area contributed by atoms with E-state index in [1.54, 1.807) is 0 Å². The molecule has 0 spiro atoms. The van der Waals surface area contributed by atoms with Crippen molar-refractivity contribution in [2.75, 3.05) is 7.11 Å². The van der Waals surface area contributed by atoms with Crippen molar-refractivity contribution in [3.63, 3.8) is 0 Å². The maximum absolute atomic E-state index is 13.5. The van der Waals surface area contributed by atoms with Crippen LogP contribution >= 0.6 is 0 Å². The number of ether oxygens (including phenoxy) is 3. The molecule has 2 aromatic carbocycles. The van der Waals surface area contributed by atoms with Gasteiger partial charge in [-0.2, -0.15) is 8.78 Å². The summed E-state index contributed by atoms with van der Waals surface area (Å²) < 4.78 is 52.2. The van der Waals surface area contributed by atoms with E-state index in [1.807, 2.05) is 0 Å². The van der Waals surface area contributed by atoms with Crippen molar-refractivity contribution in [3.05, 3.63) is 63.5 Å². The highest BCUT2D eigenvalue weighted by molar-refractivity contribution is 5.95. The summed E-state index contributed by atoms with van der Waals surface area (Å²) in [4.78, 5) is 22.3. The Morgan fingerprint density at radius 1 is 1.23 bits per heavy atom. The summed E-state index contributed by atoms with van der Waals surface area (Å²) in [6.07, 6.45) is 0. The Bertz CT molecular complexity index is 828. The lowest BCUT2D eigenvalue weighted by atomic mass is 10.1. The predicted molar refractivity (Wildman–Crippen MR) is 81.8 cm³/mol. The summed E-state index contributed by atoms with van der Waals surface area (Å²) in [5.74, 6) is -2.71. The molecule has 0 aliphatic heterocycles. The molecule has 0 aliphatic carbocycles. The van der Waals surface area contributed by atoms with Gasteiger partial charge >= 0.3 is 12.6 Å². The summed E-state index contributed by atoms with van der Waals surface area (Å²) >= 11 is 0. The minimum Gasteiger partial charge on any atom is -0.493 e. The molecule has 0 N–H and O–H groups in total. The molecule has 2 rings (SSSR count). The van der Waals surface area contributed by atoms with Crippen LogP contribution in [0.25, 0.3) is 0 Å². The van der Waals surface area contributed by atoms with Gasteiger partial charge < -0.3 is 14.2 Å². The van der Waals surface area contributed by atoms with Crippen molar-refractivity contribution in [2.45, 2.75) is 13.2 Å². The minimum atomic E-state index is -3.25. The lowest BCUT2D eigenvalue weighted by Crippen LogP contribution is -2.11. The molecule has 0 aromatic heterocycles. The van der Waals surface area contributed by atoms with E-state index in [0.717, 1.165) is 19.2 Å². The van der Waals surface area contributed by atoms with Crippen LogP contribution in [0.5, 0.6) is 11.5 Å². The van der Waals surface area contributed by atoms with E-state index in [2.05, 4.69) is 4.74 Å². The van der Waals surface area contributed by atoms with Gasteiger partial charge in [0.1, 0.15) is 18.0 Å². The van der Waals surface area contributed by atoms with Gasteiger partial charge in [-0.3, -0.25) is 10.1 Å². The highest BCUT2D eigenvalue weighted by Gasteiger charge is 2.27. The smallest absolute Gasteiger partial charge is 0.387 e. The molecule has 26 heavy (non-hydrogen) atoms. The van der Waals surface area contributed by atoms with E-state index in [9.17, 15) is 28.1 Å². The van der Waals surface area contributed by atoms with Gasteiger partial charge in [-0.05, 0) is 6.07 Å². The van der Waals surface area contributed by atoms with Crippen LogP contribution in [0.3, 0.4) is 0 Å². The molecule has 10 heteroatoms. The van der Waals surface area contributed by atoms with Crippen LogP contribution in [0, 0.1) is 15.9 Å². The van der Waals surface area contributed by atoms with Crippen LogP contribution in [0.15, 0.2) is 36.4 Å². The fraction of sp³-hybridized carbons (Fsp3) is 0.188. The Hall–Kier alpha value is -3.30. The number of hydrogen-bond donors (Lipinski definition) is 0. The summed E-state index contributed by atoms with van der Waals surface area (Å²) in [6.45, 7) is -3.72. The number of esters is 1. The standard InChI is InChI=1S/C16H12F3NO6/c1-24-13-6-10(12(20(22)23)7-14(13)26-16(18)19)15(21)25-8-9-4-2-3-5-11(9)17/h2-7,16H,8H2,1H3. The number of nitro benzene ring substituents is 1. The molecule has 0 unspecified atom stereocenters. The van der Waals surface area contributed by atoms with E-state index < -0.39 is 46.9 Å². The van der Waals surface area contributed by atoms with Crippen molar-refractivity contribution in [2.24, 2.45) is 0 Å². The van der Waals surface area contributed by atoms with Gasteiger partial charge in [0.2, 0.25) is 0 Å². The number of nitrogens with zero attached hydrogens (tertiary/aromatic N) is 1. The minimum absolute atomic E-state index is 0.0631. The SMILES string of the molecule is COc1cc(C(=O)OCc2ccccc2F)c([N+](=O)[O-])cc1OC(F)F. The predicted octanol–water partition coefficient (Wildman–Crippen LogP) is 3.70. The number of methoxy groups -OCH3 is 1. The molecular weight excluding hydrogens is 359 g/mol. The molecule has 0 heterocycles. The Morgan fingerprint density at radius 3 is 2.50 bits per heavy atom. The number of nitro groups is 1. The second-order valence-corrected chi connectivity index (χ2v) is 4.82. The molecule has 0 bridgehead atoms. The summed E-state index contributed by atoms with van der Waals surface area (Å²) in [7, 11) is 1.11. The quantitative estimate of drug-likeness (QED) is 0.419. The van der Waals surface area contributed by atoms with Gasteiger partial charge in [0.15, 0.2) is 11.5 Å². The topological polar surface area (TPSA) is 87.9 Å². The second kappa shape index (κ2) is 8.19. The molecule has 0 fully saturated rings. The highest BCUT2D eigenvalue weighted by atomic mass is 19.3. The number of carbonyl (C=O) groups is 1. The molecule has 0 amide bonds. The molecule has 0 saturated heterocycles. The van der Waals surface area contributed by atoms with E-state index in [-0.39, 0.29) is 11.3 Å². The van der Waals surface area contributed by atoms with Crippen LogP contribution in [0.1, 0.15) is 15.9 Å². The van der Waals surface area contributed by atoms with Crippen molar-refractivity contribution in [1.82, 2.24) is 0 Å². The van der Waals surface area contributed by atoms with E-state index in [4.69, 9.17) is 9.47 Å². The first-order chi connectivity index (χ1) is 12.3. The zero-order chi connectivity index (χ0) is 19.3. The fourth-order valence-electron chi connectivity index (χ4n) is 2.05. The number of carbonyl (C=O) groups excluding carboxylic acids is 1. The lowest BCUT2D eigenvalue weighted by Gasteiger charge is -2.12. The molecule has 138 valence electrons. The zero-order valence-electron chi connectivity index (χ0n) is 13.3. The number of hydrogen-bond acceptors (Lipinski definition) is 6. The summed E-state index contributed by atoms with van der Waals surface area (Å²) in [5, 5.41) is 11.1.